The van der Waals surface area contributed by atoms with Gasteiger partial charge in [-0.3, -0.25) is 4.79 Å². The molecule has 1 rings (SSSR count). The van der Waals surface area contributed by atoms with Crippen LogP contribution in [0.15, 0.2) is 18.2 Å². The predicted molar refractivity (Wildman–Crippen MR) is 90.9 cm³/mol. The first-order valence-electron chi connectivity index (χ1n) is 6.90. The molecule has 6 heteroatoms. The zero-order valence-electron chi connectivity index (χ0n) is 12.4. The summed E-state index contributed by atoms with van der Waals surface area (Å²) in [5.74, 6) is -0.158. The number of hydrogen-bond donors (Lipinski definition) is 2. The lowest BCUT2D eigenvalue weighted by Crippen LogP contribution is -2.29. The van der Waals surface area contributed by atoms with Gasteiger partial charge in [-0.1, -0.05) is 24.1 Å². The van der Waals surface area contributed by atoms with Gasteiger partial charge in [-0.15, -0.1) is 0 Å². The van der Waals surface area contributed by atoms with Crippen LogP contribution in [0, 0.1) is 6.92 Å². The molecule has 2 N–H and O–H groups in total. The number of rotatable bonds is 7. The summed E-state index contributed by atoms with van der Waals surface area (Å²) >= 11 is 11.3. The van der Waals surface area contributed by atoms with Crippen LogP contribution >= 0.6 is 23.8 Å². The third-order valence-electron chi connectivity index (χ3n) is 2.94. The molecule has 1 aromatic rings. The number of unbranched alkanes of at least 4 members (excludes halogenated alkanes) is 2. The Kier molecular flexibility index (Phi) is 8.08. The van der Waals surface area contributed by atoms with Crippen molar-refractivity contribution in [2.75, 3.05) is 19.0 Å². The van der Waals surface area contributed by atoms with Crippen LogP contribution in [-0.4, -0.2) is 24.7 Å². The van der Waals surface area contributed by atoms with E-state index in [1.54, 1.807) is 0 Å². The molecule has 0 radical (unpaired) electrons. The number of aryl methyl sites for hydroxylation is 1. The zero-order valence-corrected chi connectivity index (χ0v) is 13.9. The van der Waals surface area contributed by atoms with Crippen LogP contribution in [-0.2, 0) is 9.53 Å². The van der Waals surface area contributed by atoms with Crippen molar-refractivity contribution in [1.29, 1.82) is 0 Å². The quantitative estimate of drug-likeness (QED) is 0.454. The van der Waals surface area contributed by atoms with Crippen molar-refractivity contribution in [2.24, 2.45) is 0 Å². The molecule has 0 atom stereocenters. The highest BCUT2D eigenvalue weighted by atomic mass is 35.5. The molecule has 0 aromatic heterocycles. The number of anilines is 1. The Morgan fingerprint density at radius 3 is 2.76 bits per heavy atom. The van der Waals surface area contributed by atoms with Crippen LogP contribution in [0.2, 0.25) is 5.02 Å². The van der Waals surface area contributed by atoms with Crippen LogP contribution in [0.5, 0.6) is 0 Å². The van der Waals surface area contributed by atoms with Crippen molar-refractivity contribution in [3.63, 3.8) is 0 Å². The maximum atomic E-state index is 10.9. The van der Waals surface area contributed by atoms with Gasteiger partial charge in [0.05, 0.1) is 17.8 Å². The minimum atomic E-state index is -0.158. The van der Waals surface area contributed by atoms with E-state index < -0.39 is 0 Å². The number of thiocarbonyl (C=S) groups is 1. The second-order valence-electron chi connectivity index (χ2n) is 4.75. The molecule has 0 heterocycles. The Hall–Kier alpha value is -1.33. The fourth-order valence-electron chi connectivity index (χ4n) is 1.76. The zero-order chi connectivity index (χ0) is 15.7. The summed E-state index contributed by atoms with van der Waals surface area (Å²) in [6, 6.07) is 5.77. The lowest BCUT2D eigenvalue weighted by molar-refractivity contribution is -0.140. The smallest absolute Gasteiger partial charge is 0.305 e. The van der Waals surface area contributed by atoms with Crippen molar-refractivity contribution in [3.05, 3.63) is 28.8 Å². The van der Waals surface area contributed by atoms with Gasteiger partial charge in [-0.05, 0) is 49.7 Å². The molecule has 21 heavy (non-hydrogen) atoms. The Bertz CT molecular complexity index is 495. The summed E-state index contributed by atoms with van der Waals surface area (Å²) < 4.78 is 4.58. The molecule has 0 saturated carbocycles. The van der Waals surface area contributed by atoms with Crippen molar-refractivity contribution in [3.8, 4) is 0 Å². The second-order valence-corrected chi connectivity index (χ2v) is 5.57. The van der Waals surface area contributed by atoms with Gasteiger partial charge < -0.3 is 15.4 Å². The van der Waals surface area contributed by atoms with E-state index in [4.69, 9.17) is 23.8 Å². The number of benzene rings is 1. The summed E-state index contributed by atoms with van der Waals surface area (Å²) in [6.07, 6.45) is 3.20. The molecule has 0 bridgehead atoms. The van der Waals surface area contributed by atoms with Crippen LogP contribution in [0.1, 0.15) is 31.2 Å². The highest BCUT2D eigenvalue weighted by molar-refractivity contribution is 7.80. The van der Waals surface area contributed by atoms with E-state index in [-0.39, 0.29) is 5.97 Å². The molecular weight excluding hydrogens is 308 g/mol. The van der Waals surface area contributed by atoms with E-state index in [0.717, 1.165) is 37.1 Å². The van der Waals surface area contributed by atoms with E-state index in [2.05, 4.69) is 15.4 Å². The molecule has 0 unspecified atom stereocenters. The number of esters is 1. The topological polar surface area (TPSA) is 50.4 Å². The van der Waals surface area contributed by atoms with Crippen molar-refractivity contribution in [1.82, 2.24) is 5.32 Å². The summed E-state index contributed by atoms with van der Waals surface area (Å²) in [6.45, 7) is 2.75. The van der Waals surface area contributed by atoms with E-state index in [9.17, 15) is 4.79 Å². The molecule has 0 spiro atoms. The second kappa shape index (κ2) is 9.58. The SMILES string of the molecule is COC(=O)CCCCCNC(=S)Nc1ccc(C)cc1Cl. The van der Waals surface area contributed by atoms with Crippen LogP contribution in [0.4, 0.5) is 5.69 Å². The largest absolute Gasteiger partial charge is 0.469 e. The average molecular weight is 329 g/mol. The Labute approximate surface area is 136 Å². The normalized spacial score (nSPS) is 10.0. The number of ether oxygens (including phenoxy) is 1. The summed E-state index contributed by atoms with van der Waals surface area (Å²) in [5.41, 5.74) is 1.90. The Morgan fingerprint density at radius 2 is 2.10 bits per heavy atom. The Balaban J connectivity index is 2.18. The van der Waals surface area contributed by atoms with Crippen molar-refractivity contribution in [2.45, 2.75) is 32.6 Å². The van der Waals surface area contributed by atoms with Gasteiger partial charge in [-0.25, -0.2) is 0 Å². The molecule has 0 amide bonds. The number of methoxy groups -OCH3 is 1. The predicted octanol–water partition coefficient (Wildman–Crippen LogP) is 3.67. The van der Waals surface area contributed by atoms with E-state index in [1.165, 1.54) is 7.11 Å². The first-order chi connectivity index (χ1) is 10.0. The van der Waals surface area contributed by atoms with Crippen LogP contribution < -0.4 is 10.6 Å². The molecule has 0 fully saturated rings. The number of carbonyl (C=O) groups excluding carboxylic acids is 1. The number of hydrogen-bond acceptors (Lipinski definition) is 3. The van der Waals surface area contributed by atoms with E-state index in [1.807, 2.05) is 25.1 Å². The van der Waals surface area contributed by atoms with Crippen molar-refractivity contribution < 1.29 is 9.53 Å². The van der Waals surface area contributed by atoms with Crippen LogP contribution in [0.25, 0.3) is 0 Å². The fourth-order valence-corrected chi connectivity index (χ4v) is 2.26. The summed E-state index contributed by atoms with van der Waals surface area (Å²) in [4.78, 5) is 10.9. The van der Waals surface area contributed by atoms with Gasteiger partial charge in [0.1, 0.15) is 0 Å². The highest BCUT2D eigenvalue weighted by Crippen LogP contribution is 2.22. The maximum Gasteiger partial charge on any atom is 0.305 e. The molecule has 1 aromatic carbocycles. The minimum absolute atomic E-state index is 0.158. The summed E-state index contributed by atoms with van der Waals surface area (Å²) in [5, 5.41) is 7.39. The van der Waals surface area contributed by atoms with Gasteiger partial charge >= 0.3 is 5.97 Å². The first-order valence-corrected chi connectivity index (χ1v) is 7.69. The molecule has 0 aliphatic rings. The summed E-state index contributed by atoms with van der Waals surface area (Å²) in [7, 11) is 1.41. The third kappa shape index (κ3) is 7.29. The fraction of sp³-hybridized carbons (Fsp3) is 0.467. The third-order valence-corrected chi connectivity index (χ3v) is 3.50. The maximum absolute atomic E-state index is 10.9. The number of halogens is 1. The average Bonchev–Trinajstić information content (AvgIpc) is 2.45. The van der Waals surface area contributed by atoms with Gasteiger partial charge in [-0.2, -0.15) is 0 Å². The van der Waals surface area contributed by atoms with Gasteiger partial charge in [0, 0.05) is 13.0 Å². The standard InChI is InChI=1S/C15H21ClN2O2S/c1-11-7-8-13(12(16)10-11)18-15(21)17-9-5-3-4-6-14(19)20-2/h7-8,10H,3-6,9H2,1-2H3,(H2,17,18,21). The lowest BCUT2D eigenvalue weighted by Gasteiger charge is -2.12. The molecule has 0 saturated heterocycles. The first kappa shape index (κ1) is 17.7. The molecule has 0 aliphatic heterocycles. The van der Waals surface area contributed by atoms with Gasteiger partial charge in [0.2, 0.25) is 0 Å². The van der Waals surface area contributed by atoms with Crippen LogP contribution in [0.3, 0.4) is 0 Å². The molecule has 116 valence electrons. The van der Waals surface area contributed by atoms with E-state index in [0.29, 0.717) is 16.6 Å². The van der Waals surface area contributed by atoms with Gasteiger partial charge in [0.15, 0.2) is 5.11 Å². The lowest BCUT2D eigenvalue weighted by atomic mass is 10.2. The van der Waals surface area contributed by atoms with E-state index >= 15 is 0 Å². The minimum Gasteiger partial charge on any atom is -0.469 e. The number of carbonyl (C=O) groups is 1. The van der Waals surface area contributed by atoms with Gasteiger partial charge in [0.25, 0.3) is 0 Å². The molecular formula is C15H21ClN2O2S. The Morgan fingerprint density at radius 1 is 1.33 bits per heavy atom. The number of nitrogens with one attached hydrogen (secondary N) is 2. The highest BCUT2D eigenvalue weighted by Gasteiger charge is 2.03. The monoisotopic (exact) mass is 328 g/mol. The molecule has 0 aliphatic carbocycles. The molecule has 4 nitrogen and oxygen atoms in total. The van der Waals surface area contributed by atoms with Crippen molar-refractivity contribution >= 4 is 40.6 Å².